The first-order valence-corrected chi connectivity index (χ1v) is 7.52. The minimum atomic E-state index is 0.581. The van der Waals surface area contributed by atoms with E-state index in [0.717, 1.165) is 16.5 Å². The molecule has 0 saturated carbocycles. The van der Waals surface area contributed by atoms with Crippen molar-refractivity contribution in [2.45, 2.75) is 31.6 Å². The topological polar surface area (TPSA) is 24.9 Å². The highest BCUT2D eigenvalue weighted by atomic mass is 32.2. The van der Waals surface area contributed by atoms with Crippen LogP contribution in [0, 0.1) is 6.92 Å². The van der Waals surface area contributed by atoms with E-state index in [1.54, 1.807) is 0 Å². The van der Waals surface area contributed by atoms with Crippen LogP contribution in [-0.2, 0) is 0 Å². The summed E-state index contributed by atoms with van der Waals surface area (Å²) in [5.41, 5.74) is 3.35. The van der Waals surface area contributed by atoms with Crippen molar-refractivity contribution in [2.24, 2.45) is 0 Å². The van der Waals surface area contributed by atoms with Crippen molar-refractivity contribution >= 4 is 28.4 Å². The van der Waals surface area contributed by atoms with E-state index in [1.807, 2.05) is 6.92 Å². The Kier molecular flexibility index (Phi) is 3.16. The number of aryl methyl sites for hydroxylation is 1. The van der Waals surface area contributed by atoms with E-state index in [4.69, 9.17) is 0 Å². The summed E-state index contributed by atoms with van der Waals surface area (Å²) < 4.78 is 0. The van der Waals surface area contributed by atoms with Crippen molar-refractivity contribution in [1.82, 2.24) is 4.98 Å². The van der Waals surface area contributed by atoms with Crippen LogP contribution in [0.5, 0.6) is 0 Å². The van der Waals surface area contributed by atoms with Gasteiger partial charge in [-0.15, -0.1) is 0 Å². The number of aromatic nitrogens is 1. The van der Waals surface area contributed by atoms with Crippen LogP contribution in [0.25, 0.3) is 10.9 Å². The van der Waals surface area contributed by atoms with Crippen LogP contribution in [0.4, 0.5) is 5.69 Å². The van der Waals surface area contributed by atoms with Crippen LogP contribution in [0.2, 0.25) is 0 Å². The first kappa shape index (κ1) is 11.8. The van der Waals surface area contributed by atoms with Crippen LogP contribution >= 0.6 is 11.8 Å². The molecule has 1 N–H and O–H groups in total. The average Bonchev–Trinajstić information content (AvgIpc) is 2.76. The molecule has 0 spiro atoms. The summed E-state index contributed by atoms with van der Waals surface area (Å²) in [4.78, 5) is 4.67. The van der Waals surface area contributed by atoms with Gasteiger partial charge in [-0.05, 0) is 25.5 Å². The van der Waals surface area contributed by atoms with Crippen molar-refractivity contribution in [1.29, 1.82) is 0 Å². The molecule has 2 nitrogen and oxygen atoms in total. The summed E-state index contributed by atoms with van der Waals surface area (Å²) in [6.45, 7) is 4.35. The molecule has 18 heavy (non-hydrogen) atoms. The fraction of sp³-hybridized carbons (Fsp3) is 0.400. The highest BCUT2D eigenvalue weighted by Crippen LogP contribution is 2.30. The monoisotopic (exact) mass is 258 g/mol. The summed E-state index contributed by atoms with van der Waals surface area (Å²) >= 11 is 2.05. The zero-order valence-corrected chi connectivity index (χ0v) is 11.6. The highest BCUT2D eigenvalue weighted by molar-refractivity contribution is 8.00. The maximum atomic E-state index is 4.67. The highest BCUT2D eigenvalue weighted by Gasteiger charge is 2.22. The van der Waals surface area contributed by atoms with Gasteiger partial charge in [0.2, 0.25) is 0 Å². The summed E-state index contributed by atoms with van der Waals surface area (Å²) in [7, 11) is 0. The third-order valence-electron chi connectivity index (χ3n) is 3.42. The number of nitrogens with zero attached hydrogens (tertiary/aromatic N) is 1. The molecule has 2 aromatic rings. The summed E-state index contributed by atoms with van der Waals surface area (Å²) in [6, 6.07) is 11.2. The summed E-state index contributed by atoms with van der Waals surface area (Å²) in [6.07, 6.45) is 1.24. The molecule has 94 valence electrons. The van der Waals surface area contributed by atoms with Gasteiger partial charge in [-0.2, -0.15) is 11.8 Å². The molecule has 2 unspecified atom stereocenters. The second kappa shape index (κ2) is 4.81. The lowest BCUT2D eigenvalue weighted by atomic mass is 10.1. The number of thioether (sulfide) groups is 1. The van der Waals surface area contributed by atoms with Crippen molar-refractivity contribution in [3.8, 4) is 0 Å². The number of anilines is 1. The van der Waals surface area contributed by atoms with Gasteiger partial charge in [0.1, 0.15) is 0 Å². The molecule has 1 aliphatic rings. The molecule has 2 atom stereocenters. The molecule has 2 heterocycles. The van der Waals surface area contributed by atoms with E-state index in [9.17, 15) is 0 Å². The van der Waals surface area contributed by atoms with Crippen LogP contribution in [0.3, 0.4) is 0 Å². The minimum absolute atomic E-state index is 0.581. The molecule has 0 amide bonds. The number of hydrogen-bond donors (Lipinski definition) is 1. The maximum absolute atomic E-state index is 4.67. The van der Waals surface area contributed by atoms with Crippen molar-refractivity contribution < 1.29 is 0 Å². The number of rotatable bonds is 2. The van der Waals surface area contributed by atoms with E-state index >= 15 is 0 Å². The normalized spacial score (nSPS) is 23.4. The van der Waals surface area contributed by atoms with E-state index in [0.29, 0.717) is 6.04 Å². The van der Waals surface area contributed by atoms with Gasteiger partial charge < -0.3 is 5.32 Å². The quantitative estimate of drug-likeness (QED) is 0.885. The van der Waals surface area contributed by atoms with Crippen LogP contribution in [0.1, 0.15) is 19.0 Å². The molecule has 3 rings (SSSR count). The Labute approximate surface area is 112 Å². The Morgan fingerprint density at radius 3 is 2.94 bits per heavy atom. The van der Waals surface area contributed by atoms with Gasteiger partial charge >= 0.3 is 0 Å². The first-order chi connectivity index (χ1) is 8.72. The lowest BCUT2D eigenvalue weighted by Crippen LogP contribution is -2.19. The van der Waals surface area contributed by atoms with Gasteiger partial charge in [0.25, 0.3) is 0 Å². The van der Waals surface area contributed by atoms with E-state index in [-0.39, 0.29) is 0 Å². The predicted molar refractivity (Wildman–Crippen MR) is 80.4 cm³/mol. The zero-order valence-electron chi connectivity index (χ0n) is 10.8. The van der Waals surface area contributed by atoms with Crippen molar-refractivity contribution in [3.63, 3.8) is 0 Å². The second-order valence-electron chi connectivity index (χ2n) is 5.05. The lowest BCUT2D eigenvalue weighted by molar-refractivity contribution is 0.748. The zero-order chi connectivity index (χ0) is 12.5. The third-order valence-corrected chi connectivity index (χ3v) is 4.77. The summed E-state index contributed by atoms with van der Waals surface area (Å²) in [5, 5.41) is 5.64. The number of fused-ring (bicyclic) bond motifs is 1. The fourth-order valence-electron chi connectivity index (χ4n) is 2.50. The van der Waals surface area contributed by atoms with Gasteiger partial charge in [-0.1, -0.05) is 25.1 Å². The molecule has 0 aliphatic carbocycles. The van der Waals surface area contributed by atoms with Gasteiger partial charge in [-0.3, -0.25) is 4.98 Å². The van der Waals surface area contributed by atoms with Gasteiger partial charge in [-0.25, -0.2) is 0 Å². The molecular weight excluding hydrogens is 240 g/mol. The van der Waals surface area contributed by atoms with Gasteiger partial charge in [0, 0.05) is 28.1 Å². The molecule has 0 bridgehead atoms. The van der Waals surface area contributed by atoms with Crippen LogP contribution in [0.15, 0.2) is 30.3 Å². The Morgan fingerprint density at radius 1 is 1.28 bits per heavy atom. The van der Waals surface area contributed by atoms with Gasteiger partial charge in [0.05, 0.1) is 11.2 Å². The lowest BCUT2D eigenvalue weighted by Gasteiger charge is -2.15. The smallest absolute Gasteiger partial charge is 0.0936 e. The molecule has 1 aromatic heterocycles. The van der Waals surface area contributed by atoms with Crippen molar-refractivity contribution in [3.05, 3.63) is 36.0 Å². The Balaban J connectivity index is 1.93. The standard InChI is InChI=1S/C15H18N2S/c1-10-6-7-12-4-3-5-14(15(12)16-10)17-13-8-11(2)18-9-13/h3-7,11,13,17H,8-9H2,1-2H3. The maximum Gasteiger partial charge on any atom is 0.0936 e. The number of nitrogens with one attached hydrogen (secondary N) is 1. The van der Waals surface area contributed by atoms with Crippen molar-refractivity contribution in [2.75, 3.05) is 11.1 Å². The number of pyridine rings is 1. The first-order valence-electron chi connectivity index (χ1n) is 6.47. The van der Waals surface area contributed by atoms with Crippen LogP contribution < -0.4 is 5.32 Å². The summed E-state index contributed by atoms with van der Waals surface area (Å²) in [5.74, 6) is 1.20. The SMILES string of the molecule is Cc1ccc2cccc(NC3CSC(C)C3)c2n1. The largest absolute Gasteiger partial charge is 0.380 e. The molecule has 1 aromatic carbocycles. The molecule has 3 heteroatoms. The average molecular weight is 258 g/mol. The molecule has 1 fully saturated rings. The van der Waals surface area contributed by atoms with E-state index < -0.39 is 0 Å². The molecule has 1 aliphatic heterocycles. The molecule has 0 radical (unpaired) electrons. The molecule has 1 saturated heterocycles. The van der Waals surface area contributed by atoms with E-state index in [1.165, 1.54) is 23.2 Å². The Morgan fingerprint density at radius 2 is 2.17 bits per heavy atom. The number of hydrogen-bond acceptors (Lipinski definition) is 3. The van der Waals surface area contributed by atoms with Gasteiger partial charge in [0.15, 0.2) is 0 Å². The third kappa shape index (κ3) is 2.32. The fourth-order valence-corrected chi connectivity index (χ4v) is 3.65. The Bertz CT molecular complexity index is 567. The molecular formula is C15H18N2S. The number of para-hydroxylation sites is 1. The van der Waals surface area contributed by atoms with Crippen LogP contribution in [-0.4, -0.2) is 22.0 Å². The minimum Gasteiger partial charge on any atom is -0.380 e. The predicted octanol–water partition coefficient (Wildman–Crippen LogP) is 3.85. The van der Waals surface area contributed by atoms with E-state index in [2.05, 4.69) is 59.3 Å². The Hall–Kier alpha value is -1.22. The number of benzene rings is 1. The second-order valence-corrected chi connectivity index (χ2v) is 6.52.